The summed E-state index contributed by atoms with van der Waals surface area (Å²) >= 11 is 0. The van der Waals surface area contributed by atoms with Crippen molar-refractivity contribution in [2.75, 3.05) is 37.4 Å². The first kappa shape index (κ1) is 14.2. The molecule has 20 heavy (non-hydrogen) atoms. The molecule has 0 bridgehead atoms. The lowest BCUT2D eigenvalue weighted by Gasteiger charge is -2.09. The van der Waals surface area contributed by atoms with Gasteiger partial charge in [-0.15, -0.1) is 0 Å². The van der Waals surface area contributed by atoms with Crippen LogP contribution in [0.1, 0.15) is 13.3 Å². The first-order valence-electron chi connectivity index (χ1n) is 6.56. The topological polar surface area (TPSA) is 89.8 Å². The molecule has 0 spiro atoms. The highest BCUT2D eigenvalue weighted by Gasteiger charge is 2.07. The smallest absolute Gasteiger partial charge is 0.257 e. The van der Waals surface area contributed by atoms with Crippen molar-refractivity contribution >= 4 is 11.9 Å². The van der Waals surface area contributed by atoms with Crippen molar-refractivity contribution in [1.82, 2.24) is 24.7 Å². The fourth-order valence-electron chi connectivity index (χ4n) is 1.59. The lowest BCUT2D eigenvalue weighted by atomic mass is 10.4. The third kappa shape index (κ3) is 3.89. The Morgan fingerprint density at radius 3 is 2.65 bits per heavy atom. The SMILES string of the molecule is CCNc1nc(NCCCOC)nc(-n2cccn2)n1. The minimum absolute atomic E-state index is 0.482. The quantitative estimate of drug-likeness (QED) is 0.694. The number of nitrogens with zero attached hydrogens (tertiary/aromatic N) is 5. The van der Waals surface area contributed by atoms with Gasteiger partial charge in [-0.25, -0.2) is 4.68 Å². The maximum atomic E-state index is 5.01. The van der Waals surface area contributed by atoms with E-state index in [0.717, 1.165) is 19.5 Å². The molecule has 0 saturated heterocycles. The Labute approximate surface area is 117 Å². The van der Waals surface area contributed by atoms with Gasteiger partial charge in [-0.05, 0) is 19.4 Å². The zero-order valence-electron chi connectivity index (χ0n) is 11.7. The van der Waals surface area contributed by atoms with Crippen molar-refractivity contribution in [3.05, 3.63) is 18.5 Å². The van der Waals surface area contributed by atoms with Gasteiger partial charge in [0.1, 0.15) is 0 Å². The molecular formula is C12H19N7O. The molecule has 0 radical (unpaired) electrons. The van der Waals surface area contributed by atoms with Gasteiger partial charge < -0.3 is 15.4 Å². The maximum absolute atomic E-state index is 5.01. The number of ether oxygens (including phenoxy) is 1. The van der Waals surface area contributed by atoms with Gasteiger partial charge in [-0.1, -0.05) is 0 Å². The Hall–Kier alpha value is -2.22. The number of hydrogen-bond acceptors (Lipinski definition) is 7. The van der Waals surface area contributed by atoms with Crippen LogP contribution in [0.3, 0.4) is 0 Å². The van der Waals surface area contributed by atoms with E-state index in [2.05, 4.69) is 30.7 Å². The number of hydrogen-bond donors (Lipinski definition) is 2. The normalized spacial score (nSPS) is 10.5. The molecule has 0 unspecified atom stereocenters. The first-order valence-corrected chi connectivity index (χ1v) is 6.56. The number of rotatable bonds is 8. The van der Waals surface area contributed by atoms with Crippen molar-refractivity contribution in [2.24, 2.45) is 0 Å². The van der Waals surface area contributed by atoms with Gasteiger partial charge in [0.25, 0.3) is 5.95 Å². The van der Waals surface area contributed by atoms with Crippen LogP contribution in [0.25, 0.3) is 5.95 Å². The molecule has 0 aromatic carbocycles. The summed E-state index contributed by atoms with van der Waals surface area (Å²) in [4.78, 5) is 13.0. The average molecular weight is 277 g/mol. The van der Waals surface area contributed by atoms with Crippen LogP contribution in [0.4, 0.5) is 11.9 Å². The molecule has 8 heteroatoms. The summed E-state index contributed by atoms with van der Waals surface area (Å²) in [5.74, 6) is 1.54. The number of nitrogens with one attached hydrogen (secondary N) is 2. The van der Waals surface area contributed by atoms with Gasteiger partial charge in [0.2, 0.25) is 11.9 Å². The first-order chi connectivity index (χ1) is 9.83. The van der Waals surface area contributed by atoms with Crippen LogP contribution in [-0.2, 0) is 4.74 Å². The summed E-state index contributed by atoms with van der Waals surface area (Å²) in [6.45, 7) is 4.17. The molecule has 2 N–H and O–H groups in total. The van der Waals surface area contributed by atoms with Crippen molar-refractivity contribution < 1.29 is 4.74 Å². The van der Waals surface area contributed by atoms with Crippen molar-refractivity contribution in [3.63, 3.8) is 0 Å². The Balaban J connectivity index is 2.13. The molecule has 0 saturated carbocycles. The zero-order valence-corrected chi connectivity index (χ0v) is 11.7. The highest BCUT2D eigenvalue weighted by Crippen LogP contribution is 2.08. The van der Waals surface area contributed by atoms with Crippen LogP contribution in [0, 0.1) is 0 Å². The van der Waals surface area contributed by atoms with E-state index < -0.39 is 0 Å². The second-order valence-corrected chi connectivity index (χ2v) is 4.04. The second kappa shape index (κ2) is 7.39. The summed E-state index contributed by atoms with van der Waals surface area (Å²) in [5.41, 5.74) is 0. The molecule has 8 nitrogen and oxygen atoms in total. The minimum atomic E-state index is 0.482. The molecule has 0 aliphatic carbocycles. The molecule has 2 aromatic heterocycles. The van der Waals surface area contributed by atoms with E-state index in [1.54, 1.807) is 24.2 Å². The second-order valence-electron chi connectivity index (χ2n) is 4.04. The number of methoxy groups -OCH3 is 1. The van der Waals surface area contributed by atoms with Crippen LogP contribution in [0.2, 0.25) is 0 Å². The molecule has 0 fully saturated rings. The molecule has 2 heterocycles. The van der Waals surface area contributed by atoms with Crippen LogP contribution in [0.5, 0.6) is 0 Å². The van der Waals surface area contributed by atoms with Crippen LogP contribution in [-0.4, -0.2) is 51.5 Å². The van der Waals surface area contributed by atoms with Crippen LogP contribution in [0.15, 0.2) is 18.5 Å². The lowest BCUT2D eigenvalue weighted by Crippen LogP contribution is -2.14. The Morgan fingerprint density at radius 2 is 2.00 bits per heavy atom. The predicted octanol–water partition coefficient (Wildman–Crippen LogP) is 0.937. The fraction of sp³-hybridized carbons (Fsp3) is 0.500. The standard InChI is InChI=1S/C12H19N7O/c1-3-13-10-16-11(14-6-5-9-20-2)18-12(17-10)19-8-4-7-15-19/h4,7-8H,3,5-6,9H2,1-2H3,(H2,13,14,16,17,18). The largest absolute Gasteiger partial charge is 0.385 e. The van der Waals surface area contributed by atoms with Gasteiger partial charge in [0, 0.05) is 39.2 Å². The van der Waals surface area contributed by atoms with E-state index in [4.69, 9.17) is 4.74 Å². The zero-order chi connectivity index (χ0) is 14.2. The molecule has 0 amide bonds. The highest BCUT2D eigenvalue weighted by atomic mass is 16.5. The number of aromatic nitrogens is 5. The van der Waals surface area contributed by atoms with Crippen LogP contribution >= 0.6 is 0 Å². The third-order valence-electron chi connectivity index (χ3n) is 2.48. The van der Waals surface area contributed by atoms with Gasteiger partial charge in [-0.3, -0.25) is 0 Å². The average Bonchev–Trinajstić information content (AvgIpc) is 2.98. The lowest BCUT2D eigenvalue weighted by molar-refractivity contribution is 0.197. The molecule has 2 rings (SSSR count). The minimum Gasteiger partial charge on any atom is -0.385 e. The van der Waals surface area contributed by atoms with E-state index in [9.17, 15) is 0 Å². The predicted molar refractivity (Wildman–Crippen MR) is 76.1 cm³/mol. The summed E-state index contributed by atoms with van der Waals surface area (Å²) in [5, 5.41) is 10.4. The molecular weight excluding hydrogens is 258 g/mol. The van der Waals surface area contributed by atoms with Gasteiger partial charge >= 0.3 is 0 Å². The van der Waals surface area contributed by atoms with Crippen molar-refractivity contribution in [1.29, 1.82) is 0 Å². The van der Waals surface area contributed by atoms with E-state index >= 15 is 0 Å². The monoisotopic (exact) mass is 277 g/mol. The van der Waals surface area contributed by atoms with E-state index in [1.807, 2.05) is 13.0 Å². The summed E-state index contributed by atoms with van der Waals surface area (Å²) in [6, 6.07) is 1.82. The summed E-state index contributed by atoms with van der Waals surface area (Å²) < 4.78 is 6.61. The Bertz CT molecular complexity index is 515. The number of anilines is 2. The van der Waals surface area contributed by atoms with Crippen molar-refractivity contribution in [2.45, 2.75) is 13.3 Å². The van der Waals surface area contributed by atoms with E-state index in [-0.39, 0.29) is 0 Å². The highest BCUT2D eigenvalue weighted by molar-refractivity contribution is 5.37. The maximum Gasteiger partial charge on any atom is 0.257 e. The van der Waals surface area contributed by atoms with Crippen LogP contribution < -0.4 is 10.6 Å². The van der Waals surface area contributed by atoms with Gasteiger partial charge in [0.05, 0.1) is 0 Å². The van der Waals surface area contributed by atoms with Gasteiger partial charge in [-0.2, -0.15) is 20.1 Å². The van der Waals surface area contributed by atoms with E-state index in [1.165, 1.54) is 0 Å². The Morgan fingerprint density at radius 1 is 1.20 bits per heavy atom. The molecule has 0 aliphatic heterocycles. The Kier molecular flexibility index (Phi) is 5.24. The summed E-state index contributed by atoms with van der Waals surface area (Å²) in [6.07, 6.45) is 4.36. The molecule has 108 valence electrons. The summed E-state index contributed by atoms with van der Waals surface area (Å²) in [7, 11) is 1.68. The fourth-order valence-corrected chi connectivity index (χ4v) is 1.59. The molecule has 0 aliphatic rings. The molecule has 2 aromatic rings. The van der Waals surface area contributed by atoms with E-state index in [0.29, 0.717) is 24.5 Å². The van der Waals surface area contributed by atoms with Gasteiger partial charge in [0.15, 0.2) is 0 Å². The third-order valence-corrected chi connectivity index (χ3v) is 2.48. The van der Waals surface area contributed by atoms with Crippen molar-refractivity contribution in [3.8, 4) is 5.95 Å². The molecule has 0 atom stereocenters.